The van der Waals surface area contributed by atoms with Crippen LogP contribution in [-0.2, 0) is 6.54 Å². The lowest BCUT2D eigenvalue weighted by Crippen LogP contribution is -2.51. The Morgan fingerprint density at radius 3 is 3.05 bits per heavy atom. The number of carboxylic acid groups (broad SMARTS) is 1. The molecule has 1 aromatic heterocycles. The smallest absolute Gasteiger partial charge is 0.371 e. The number of rotatable bonds is 3. The largest absolute Gasteiger partial charge is 0.475 e. The minimum atomic E-state index is -1.05. The lowest BCUT2D eigenvalue weighted by atomic mass is 10.2. The van der Waals surface area contributed by atoms with Crippen molar-refractivity contribution in [2.75, 3.05) is 26.2 Å². The molecule has 2 amide bonds. The highest BCUT2D eigenvalue weighted by atomic mass is 16.4. The molecule has 0 bridgehead atoms. The van der Waals surface area contributed by atoms with Crippen molar-refractivity contribution in [2.24, 2.45) is 0 Å². The number of carbonyl (C=O) groups is 2. The number of piperazine rings is 1. The van der Waals surface area contributed by atoms with E-state index in [2.05, 4.69) is 10.2 Å². The number of amides is 2. The maximum Gasteiger partial charge on any atom is 0.371 e. The molecule has 0 aliphatic carbocycles. The molecule has 2 saturated heterocycles. The van der Waals surface area contributed by atoms with Gasteiger partial charge < -0.3 is 19.7 Å². The number of aromatic carboxylic acids is 1. The molecule has 102 valence electrons. The normalized spacial score (nSPS) is 23.3. The van der Waals surface area contributed by atoms with Crippen molar-refractivity contribution in [2.45, 2.75) is 12.6 Å². The number of fused-ring (bicyclic) bond motifs is 1. The Hall–Kier alpha value is -2.02. The predicted octanol–water partition coefficient (Wildman–Crippen LogP) is 0.187. The van der Waals surface area contributed by atoms with Crippen LogP contribution < -0.4 is 5.32 Å². The van der Waals surface area contributed by atoms with E-state index in [4.69, 9.17) is 9.52 Å². The molecular formula is C12H15N3O4. The van der Waals surface area contributed by atoms with E-state index in [-0.39, 0.29) is 17.8 Å². The zero-order valence-electron chi connectivity index (χ0n) is 10.3. The molecule has 7 nitrogen and oxygen atoms in total. The van der Waals surface area contributed by atoms with Crippen LogP contribution in [0.5, 0.6) is 0 Å². The molecule has 1 unspecified atom stereocenters. The lowest BCUT2D eigenvalue weighted by molar-refractivity contribution is 0.0654. The molecule has 3 rings (SSSR count). The van der Waals surface area contributed by atoms with Gasteiger partial charge in [0.25, 0.3) is 0 Å². The Morgan fingerprint density at radius 1 is 1.47 bits per heavy atom. The van der Waals surface area contributed by atoms with Gasteiger partial charge in [0.15, 0.2) is 0 Å². The van der Waals surface area contributed by atoms with Crippen LogP contribution >= 0.6 is 0 Å². The second kappa shape index (κ2) is 4.58. The summed E-state index contributed by atoms with van der Waals surface area (Å²) in [6.45, 7) is 3.50. The Bertz CT molecular complexity index is 513. The van der Waals surface area contributed by atoms with Crippen LogP contribution in [0.15, 0.2) is 16.5 Å². The van der Waals surface area contributed by atoms with E-state index in [0.717, 1.165) is 13.1 Å². The van der Waals surface area contributed by atoms with Gasteiger partial charge >= 0.3 is 12.0 Å². The Morgan fingerprint density at radius 2 is 2.32 bits per heavy atom. The average molecular weight is 265 g/mol. The number of nitrogens with zero attached hydrogens (tertiary/aromatic N) is 2. The van der Waals surface area contributed by atoms with Gasteiger partial charge in [0, 0.05) is 26.2 Å². The molecule has 2 N–H and O–H groups in total. The van der Waals surface area contributed by atoms with E-state index < -0.39 is 5.97 Å². The fourth-order valence-corrected chi connectivity index (χ4v) is 2.61. The third-order valence-corrected chi connectivity index (χ3v) is 3.57. The highest BCUT2D eigenvalue weighted by molar-refractivity contribution is 5.84. The fourth-order valence-electron chi connectivity index (χ4n) is 2.61. The molecule has 7 heteroatoms. The summed E-state index contributed by atoms with van der Waals surface area (Å²) in [5.74, 6) is -0.448. The average Bonchev–Trinajstić information content (AvgIpc) is 2.97. The summed E-state index contributed by atoms with van der Waals surface area (Å²) < 4.78 is 5.24. The molecule has 3 heterocycles. The van der Waals surface area contributed by atoms with Crippen molar-refractivity contribution in [3.8, 4) is 0 Å². The van der Waals surface area contributed by atoms with E-state index >= 15 is 0 Å². The highest BCUT2D eigenvalue weighted by Gasteiger charge is 2.35. The SMILES string of the molecule is O=C(O)c1ccc(CN2CCN3C(=O)NCC3C2)o1. The van der Waals surface area contributed by atoms with Gasteiger partial charge in [0.05, 0.1) is 12.6 Å². The lowest BCUT2D eigenvalue weighted by Gasteiger charge is -2.35. The summed E-state index contributed by atoms with van der Waals surface area (Å²) in [4.78, 5) is 26.2. The molecule has 2 aliphatic heterocycles. The van der Waals surface area contributed by atoms with Gasteiger partial charge in [0.2, 0.25) is 5.76 Å². The first-order chi connectivity index (χ1) is 9.13. The maximum atomic E-state index is 11.5. The van der Waals surface area contributed by atoms with Crippen LogP contribution in [0.3, 0.4) is 0 Å². The van der Waals surface area contributed by atoms with Gasteiger partial charge in [-0.3, -0.25) is 4.90 Å². The Labute approximate surface area is 109 Å². The number of urea groups is 1. The summed E-state index contributed by atoms with van der Waals surface area (Å²) in [6.07, 6.45) is 0. The second-order valence-electron chi connectivity index (χ2n) is 4.84. The summed E-state index contributed by atoms with van der Waals surface area (Å²) in [6, 6.07) is 3.37. The van der Waals surface area contributed by atoms with Gasteiger partial charge in [0.1, 0.15) is 5.76 Å². The summed E-state index contributed by atoms with van der Waals surface area (Å²) >= 11 is 0. The molecule has 0 radical (unpaired) electrons. The molecule has 1 aromatic rings. The Balaban J connectivity index is 1.61. The summed E-state index contributed by atoms with van der Waals surface area (Å²) in [5.41, 5.74) is 0. The fraction of sp³-hybridized carbons (Fsp3) is 0.500. The van der Waals surface area contributed by atoms with Gasteiger partial charge in [-0.05, 0) is 12.1 Å². The summed E-state index contributed by atoms with van der Waals surface area (Å²) in [7, 11) is 0. The third-order valence-electron chi connectivity index (χ3n) is 3.57. The molecule has 0 aromatic carbocycles. The van der Waals surface area contributed by atoms with Crippen molar-refractivity contribution in [1.82, 2.24) is 15.1 Å². The van der Waals surface area contributed by atoms with Crippen LogP contribution in [0.25, 0.3) is 0 Å². The molecule has 19 heavy (non-hydrogen) atoms. The van der Waals surface area contributed by atoms with Gasteiger partial charge in [-0.2, -0.15) is 0 Å². The number of hydrogen-bond donors (Lipinski definition) is 2. The van der Waals surface area contributed by atoms with Crippen LogP contribution in [0.2, 0.25) is 0 Å². The topological polar surface area (TPSA) is 86.0 Å². The zero-order chi connectivity index (χ0) is 13.4. The molecule has 2 fully saturated rings. The number of carbonyl (C=O) groups excluding carboxylic acids is 1. The highest BCUT2D eigenvalue weighted by Crippen LogP contribution is 2.17. The van der Waals surface area contributed by atoms with Crippen molar-refractivity contribution in [3.63, 3.8) is 0 Å². The number of furan rings is 1. The Kier molecular flexibility index (Phi) is 2.90. The van der Waals surface area contributed by atoms with E-state index in [0.29, 0.717) is 25.4 Å². The van der Waals surface area contributed by atoms with Crippen molar-refractivity contribution < 1.29 is 19.1 Å². The molecule has 1 atom stereocenters. The van der Waals surface area contributed by atoms with Crippen molar-refractivity contribution in [1.29, 1.82) is 0 Å². The van der Waals surface area contributed by atoms with Crippen LogP contribution in [0.4, 0.5) is 4.79 Å². The standard InChI is InChI=1S/C12H15N3O4/c16-11(17)10-2-1-9(19-10)7-14-3-4-15-8(6-14)5-13-12(15)18/h1-2,8H,3-7H2,(H,13,18)(H,16,17). The number of hydrogen-bond acceptors (Lipinski definition) is 4. The zero-order valence-corrected chi connectivity index (χ0v) is 10.3. The van der Waals surface area contributed by atoms with Crippen LogP contribution in [0.1, 0.15) is 16.3 Å². The summed E-state index contributed by atoms with van der Waals surface area (Å²) in [5, 5.41) is 11.6. The van der Waals surface area contributed by atoms with Crippen molar-refractivity contribution in [3.05, 3.63) is 23.7 Å². The van der Waals surface area contributed by atoms with Crippen LogP contribution in [0, 0.1) is 0 Å². The minimum absolute atomic E-state index is 0.0100. The number of nitrogens with one attached hydrogen (secondary N) is 1. The molecule has 0 spiro atoms. The monoisotopic (exact) mass is 265 g/mol. The molecule has 2 aliphatic rings. The maximum absolute atomic E-state index is 11.5. The van der Waals surface area contributed by atoms with Gasteiger partial charge in [-0.15, -0.1) is 0 Å². The quantitative estimate of drug-likeness (QED) is 0.814. The van der Waals surface area contributed by atoms with Gasteiger partial charge in [-0.25, -0.2) is 9.59 Å². The van der Waals surface area contributed by atoms with E-state index in [1.54, 1.807) is 6.07 Å². The first-order valence-corrected chi connectivity index (χ1v) is 6.22. The minimum Gasteiger partial charge on any atom is -0.475 e. The predicted molar refractivity (Wildman–Crippen MR) is 64.8 cm³/mol. The van der Waals surface area contributed by atoms with E-state index in [1.165, 1.54) is 6.07 Å². The second-order valence-corrected chi connectivity index (χ2v) is 4.84. The third kappa shape index (κ3) is 2.28. The number of carboxylic acids is 1. The van der Waals surface area contributed by atoms with Crippen LogP contribution in [-0.4, -0.2) is 59.1 Å². The first kappa shape index (κ1) is 12.0. The van der Waals surface area contributed by atoms with E-state index in [9.17, 15) is 9.59 Å². The molecule has 0 saturated carbocycles. The van der Waals surface area contributed by atoms with Gasteiger partial charge in [-0.1, -0.05) is 0 Å². The molecular weight excluding hydrogens is 250 g/mol. The van der Waals surface area contributed by atoms with Crippen molar-refractivity contribution >= 4 is 12.0 Å². The first-order valence-electron chi connectivity index (χ1n) is 6.22. The van der Waals surface area contributed by atoms with E-state index in [1.807, 2.05) is 4.90 Å².